The summed E-state index contributed by atoms with van der Waals surface area (Å²) in [6.45, 7) is 11.9. The van der Waals surface area contributed by atoms with Crippen LogP contribution in [0.2, 0.25) is 0 Å². The molecule has 0 aliphatic carbocycles. The van der Waals surface area contributed by atoms with E-state index in [0.717, 1.165) is 24.1 Å². The average molecular weight is 297 g/mol. The molecular weight excluding hydrogens is 270 g/mol. The Kier molecular flexibility index (Phi) is 4.60. The fourth-order valence-electron chi connectivity index (χ4n) is 2.68. The van der Waals surface area contributed by atoms with Gasteiger partial charge in [0.25, 0.3) is 0 Å². The van der Waals surface area contributed by atoms with Gasteiger partial charge in [-0.05, 0) is 44.2 Å². The molecule has 0 unspecified atom stereocenters. The molecule has 1 aromatic rings. The average Bonchev–Trinajstić information content (AvgIpc) is 2.44. The largest absolute Gasteiger partial charge is 0.372 e. The van der Waals surface area contributed by atoms with Crippen molar-refractivity contribution in [1.29, 1.82) is 0 Å². The van der Waals surface area contributed by atoms with Crippen molar-refractivity contribution in [1.82, 2.24) is 4.90 Å². The fraction of sp³-hybridized carbons (Fsp3) is 0.450. The SMILES string of the molecule is CC1(C)CCN(C(C)(C)C)C=C1C(=O)/C=C/c1ccccc1. The summed E-state index contributed by atoms with van der Waals surface area (Å²) in [5.41, 5.74) is 1.93. The van der Waals surface area contributed by atoms with Gasteiger partial charge < -0.3 is 4.90 Å². The van der Waals surface area contributed by atoms with Gasteiger partial charge in [0.1, 0.15) is 0 Å². The Labute approximate surface area is 134 Å². The smallest absolute Gasteiger partial charge is 0.183 e. The number of benzene rings is 1. The highest BCUT2D eigenvalue weighted by Gasteiger charge is 2.34. The van der Waals surface area contributed by atoms with E-state index in [1.807, 2.05) is 36.4 Å². The van der Waals surface area contributed by atoms with Gasteiger partial charge in [-0.3, -0.25) is 4.79 Å². The summed E-state index contributed by atoms with van der Waals surface area (Å²) in [7, 11) is 0. The molecule has 1 aliphatic heterocycles. The van der Waals surface area contributed by atoms with E-state index in [1.165, 1.54) is 0 Å². The highest BCUT2D eigenvalue weighted by atomic mass is 16.1. The normalized spacial score (nSPS) is 18.4. The molecule has 0 aromatic heterocycles. The molecule has 0 atom stereocenters. The van der Waals surface area contributed by atoms with Crippen LogP contribution < -0.4 is 0 Å². The second kappa shape index (κ2) is 6.12. The second-order valence-corrected chi connectivity index (χ2v) is 7.65. The Morgan fingerprint density at radius 3 is 2.41 bits per heavy atom. The lowest BCUT2D eigenvalue weighted by atomic mass is 9.76. The summed E-state index contributed by atoms with van der Waals surface area (Å²) < 4.78 is 0. The first-order chi connectivity index (χ1) is 10.2. The zero-order chi connectivity index (χ0) is 16.4. The van der Waals surface area contributed by atoms with Crippen molar-refractivity contribution in [3.8, 4) is 0 Å². The molecule has 2 heteroatoms. The van der Waals surface area contributed by atoms with Crippen LogP contribution in [-0.4, -0.2) is 22.8 Å². The monoisotopic (exact) mass is 297 g/mol. The van der Waals surface area contributed by atoms with Crippen molar-refractivity contribution in [2.45, 2.75) is 46.6 Å². The van der Waals surface area contributed by atoms with Gasteiger partial charge in [0.05, 0.1) is 0 Å². The Morgan fingerprint density at radius 2 is 1.82 bits per heavy atom. The lowest BCUT2D eigenvalue weighted by Gasteiger charge is -2.43. The number of allylic oxidation sites excluding steroid dienone is 2. The van der Waals surface area contributed by atoms with Crippen LogP contribution in [0.25, 0.3) is 6.08 Å². The molecule has 2 nitrogen and oxygen atoms in total. The molecule has 2 rings (SSSR count). The van der Waals surface area contributed by atoms with Crippen LogP contribution in [0.5, 0.6) is 0 Å². The maximum absolute atomic E-state index is 12.7. The molecule has 0 bridgehead atoms. The molecule has 0 saturated carbocycles. The van der Waals surface area contributed by atoms with Crippen LogP contribution in [0.15, 0.2) is 48.2 Å². The van der Waals surface area contributed by atoms with Crippen LogP contribution in [0, 0.1) is 5.41 Å². The van der Waals surface area contributed by atoms with Gasteiger partial charge in [-0.15, -0.1) is 0 Å². The van der Waals surface area contributed by atoms with Gasteiger partial charge >= 0.3 is 0 Å². The molecule has 0 radical (unpaired) electrons. The van der Waals surface area contributed by atoms with E-state index in [-0.39, 0.29) is 16.7 Å². The van der Waals surface area contributed by atoms with Crippen LogP contribution in [0.4, 0.5) is 0 Å². The molecule has 0 N–H and O–H groups in total. The summed E-state index contributed by atoms with van der Waals surface area (Å²) in [6, 6.07) is 9.95. The van der Waals surface area contributed by atoms with Crippen LogP contribution in [-0.2, 0) is 4.79 Å². The number of carbonyl (C=O) groups is 1. The Balaban J connectivity index is 2.25. The van der Waals surface area contributed by atoms with Crippen molar-refractivity contribution in [3.63, 3.8) is 0 Å². The van der Waals surface area contributed by atoms with E-state index in [2.05, 4.69) is 45.7 Å². The molecule has 22 heavy (non-hydrogen) atoms. The minimum atomic E-state index is -0.0696. The van der Waals surface area contributed by atoms with E-state index in [4.69, 9.17) is 0 Å². The predicted octanol–water partition coefficient (Wildman–Crippen LogP) is 4.68. The highest BCUT2D eigenvalue weighted by molar-refractivity contribution is 6.07. The van der Waals surface area contributed by atoms with Crippen LogP contribution in [0.1, 0.15) is 46.6 Å². The van der Waals surface area contributed by atoms with Crippen molar-refractivity contribution in [2.75, 3.05) is 6.54 Å². The maximum Gasteiger partial charge on any atom is 0.183 e. The molecule has 0 fully saturated rings. The van der Waals surface area contributed by atoms with E-state index >= 15 is 0 Å². The molecule has 0 amide bonds. The number of nitrogens with zero attached hydrogens (tertiary/aromatic N) is 1. The van der Waals surface area contributed by atoms with Crippen molar-refractivity contribution < 1.29 is 4.79 Å². The number of carbonyl (C=O) groups excluding carboxylic acids is 1. The molecule has 1 aliphatic rings. The summed E-state index contributed by atoms with van der Waals surface area (Å²) in [4.78, 5) is 15.0. The number of hydrogen-bond donors (Lipinski definition) is 0. The van der Waals surface area contributed by atoms with E-state index in [1.54, 1.807) is 6.08 Å². The van der Waals surface area contributed by atoms with Crippen LogP contribution >= 0.6 is 0 Å². The Bertz CT molecular complexity index is 588. The Morgan fingerprint density at radius 1 is 1.18 bits per heavy atom. The minimum absolute atomic E-state index is 0.0468. The summed E-state index contributed by atoms with van der Waals surface area (Å²) in [6.07, 6.45) is 6.67. The quantitative estimate of drug-likeness (QED) is 0.755. The zero-order valence-corrected chi connectivity index (χ0v) is 14.4. The summed E-state index contributed by atoms with van der Waals surface area (Å²) in [5.74, 6) is 0.114. The van der Waals surface area contributed by atoms with Crippen molar-refractivity contribution >= 4 is 11.9 Å². The maximum atomic E-state index is 12.7. The third-order valence-electron chi connectivity index (χ3n) is 4.35. The fourth-order valence-corrected chi connectivity index (χ4v) is 2.68. The first kappa shape index (κ1) is 16.5. The molecule has 0 saturated heterocycles. The third kappa shape index (κ3) is 3.88. The molecule has 1 aromatic carbocycles. The number of rotatable bonds is 3. The topological polar surface area (TPSA) is 20.3 Å². The summed E-state index contributed by atoms with van der Waals surface area (Å²) in [5, 5.41) is 0. The van der Waals surface area contributed by atoms with Gasteiger partial charge in [0.2, 0.25) is 0 Å². The standard InChI is InChI=1S/C20H27NO/c1-19(2,3)21-14-13-20(4,5)17(15-21)18(22)12-11-16-9-7-6-8-10-16/h6-12,15H,13-14H2,1-5H3/b12-11+. The predicted molar refractivity (Wildman–Crippen MR) is 93.4 cm³/mol. The lowest BCUT2D eigenvalue weighted by molar-refractivity contribution is -0.112. The third-order valence-corrected chi connectivity index (χ3v) is 4.35. The zero-order valence-electron chi connectivity index (χ0n) is 14.4. The van der Waals surface area contributed by atoms with Gasteiger partial charge in [-0.25, -0.2) is 0 Å². The second-order valence-electron chi connectivity index (χ2n) is 7.65. The molecule has 0 spiro atoms. The minimum Gasteiger partial charge on any atom is -0.372 e. The van der Waals surface area contributed by atoms with E-state index < -0.39 is 0 Å². The molecule has 118 valence electrons. The summed E-state index contributed by atoms with van der Waals surface area (Å²) >= 11 is 0. The van der Waals surface area contributed by atoms with Crippen LogP contribution in [0.3, 0.4) is 0 Å². The molecular formula is C20H27NO. The van der Waals surface area contributed by atoms with Gasteiger partial charge in [0.15, 0.2) is 5.78 Å². The van der Waals surface area contributed by atoms with E-state index in [0.29, 0.717) is 0 Å². The van der Waals surface area contributed by atoms with Crippen molar-refractivity contribution in [2.24, 2.45) is 5.41 Å². The van der Waals surface area contributed by atoms with E-state index in [9.17, 15) is 4.79 Å². The lowest BCUT2D eigenvalue weighted by Crippen LogP contribution is -2.44. The first-order valence-electron chi connectivity index (χ1n) is 7.97. The first-order valence-corrected chi connectivity index (χ1v) is 7.97. The number of hydrogen-bond acceptors (Lipinski definition) is 2. The number of ketones is 1. The van der Waals surface area contributed by atoms with Gasteiger partial charge in [-0.1, -0.05) is 50.3 Å². The molecule has 1 heterocycles. The van der Waals surface area contributed by atoms with Gasteiger partial charge in [-0.2, -0.15) is 0 Å². The van der Waals surface area contributed by atoms with Gasteiger partial charge in [0, 0.05) is 23.9 Å². The van der Waals surface area contributed by atoms with Crippen molar-refractivity contribution in [3.05, 3.63) is 53.7 Å². The highest BCUT2D eigenvalue weighted by Crippen LogP contribution is 2.37. The Hall–Kier alpha value is -1.83.